The molecule has 0 saturated heterocycles. The Labute approximate surface area is 56.0 Å². The highest BCUT2D eigenvalue weighted by Crippen LogP contribution is 1.90. The molecule has 0 aromatic heterocycles. The van der Waals surface area contributed by atoms with Gasteiger partial charge in [0.1, 0.15) is 0 Å². The third kappa shape index (κ3) is 7.21. The van der Waals surface area contributed by atoms with Gasteiger partial charge in [-0.2, -0.15) is 0 Å². The molecule has 1 N–H and O–H groups in total. The Morgan fingerprint density at radius 3 is 2.44 bits per heavy atom. The van der Waals surface area contributed by atoms with E-state index in [2.05, 4.69) is 19.2 Å². The molecule has 0 aromatic carbocycles. The predicted molar refractivity (Wildman–Crippen MR) is 37.8 cm³/mol. The maximum absolute atomic E-state index is 10.3. The molecule has 0 aliphatic heterocycles. The third-order valence-electron chi connectivity index (χ3n) is 0.768. The highest BCUT2D eigenvalue weighted by molar-refractivity contribution is 5.73. The van der Waals surface area contributed by atoms with Gasteiger partial charge >= 0.3 is 0 Å². The quantitative estimate of drug-likeness (QED) is 0.595. The van der Waals surface area contributed by atoms with Gasteiger partial charge in [0.15, 0.2) is 0 Å². The van der Waals surface area contributed by atoms with Gasteiger partial charge in [0.2, 0.25) is 5.91 Å². The summed E-state index contributed by atoms with van der Waals surface area (Å²) < 4.78 is 0. The normalized spacial score (nSPS) is 10.7. The zero-order valence-corrected chi connectivity index (χ0v) is 6.14. The van der Waals surface area contributed by atoms with Crippen LogP contribution in [-0.2, 0) is 4.79 Å². The van der Waals surface area contributed by atoms with E-state index in [4.69, 9.17) is 0 Å². The summed E-state index contributed by atoms with van der Waals surface area (Å²) in [5.74, 6) is 0.476. The number of allylic oxidation sites excluding steroid dienone is 1. The molecular weight excluding hydrogens is 114 g/mol. The lowest BCUT2D eigenvalue weighted by Crippen LogP contribution is -2.11. The molecule has 0 atom stereocenters. The average Bonchev–Trinajstić information content (AvgIpc) is 1.63. The van der Waals surface area contributed by atoms with Crippen LogP contribution in [0.2, 0.25) is 0 Å². The number of amides is 1. The van der Waals surface area contributed by atoms with Crippen molar-refractivity contribution in [3.63, 3.8) is 0 Å². The van der Waals surface area contributed by atoms with Crippen molar-refractivity contribution in [1.29, 1.82) is 0 Å². The largest absolute Gasteiger partial charge is 0.333 e. The molecule has 0 unspecified atom stereocenters. The van der Waals surface area contributed by atoms with Gasteiger partial charge in [-0.3, -0.25) is 4.79 Å². The van der Waals surface area contributed by atoms with Gasteiger partial charge < -0.3 is 5.32 Å². The van der Waals surface area contributed by atoms with E-state index >= 15 is 0 Å². The molecule has 9 heavy (non-hydrogen) atoms. The summed E-state index contributed by atoms with van der Waals surface area (Å²) in [4.78, 5) is 10.3. The lowest BCUT2D eigenvalue weighted by molar-refractivity contribution is -0.118. The molecule has 0 aliphatic carbocycles. The molecule has 2 heteroatoms. The molecule has 0 fully saturated rings. The summed E-state index contributed by atoms with van der Waals surface area (Å²) in [6.45, 7) is 5.60. The first kappa shape index (κ1) is 8.21. The van der Waals surface area contributed by atoms with Crippen molar-refractivity contribution >= 4 is 5.91 Å². The van der Waals surface area contributed by atoms with Gasteiger partial charge in [-0.1, -0.05) is 19.9 Å². The van der Waals surface area contributed by atoms with Gasteiger partial charge in [-0.25, -0.2) is 0 Å². The first-order chi connectivity index (χ1) is 4.13. The Morgan fingerprint density at radius 1 is 1.56 bits per heavy atom. The van der Waals surface area contributed by atoms with Crippen molar-refractivity contribution in [3.05, 3.63) is 12.3 Å². The van der Waals surface area contributed by atoms with E-state index < -0.39 is 0 Å². The van der Waals surface area contributed by atoms with Gasteiger partial charge in [0.05, 0.1) is 0 Å². The van der Waals surface area contributed by atoms with E-state index in [9.17, 15) is 4.79 Å². The predicted octanol–water partition coefficient (Wildman–Crippen LogP) is 1.29. The number of hydrogen-bond donors (Lipinski definition) is 1. The Morgan fingerprint density at radius 2 is 2.11 bits per heavy atom. The molecule has 0 bridgehead atoms. The lowest BCUT2D eigenvalue weighted by atomic mass is 10.2. The van der Waals surface area contributed by atoms with Crippen LogP contribution >= 0.6 is 0 Å². The van der Waals surface area contributed by atoms with Crippen LogP contribution in [0.4, 0.5) is 0 Å². The van der Waals surface area contributed by atoms with E-state index in [-0.39, 0.29) is 5.91 Å². The summed E-state index contributed by atoms with van der Waals surface area (Å²) in [6.07, 6.45) is 3.61. The number of rotatable bonds is 2. The fourth-order valence-corrected chi connectivity index (χ4v) is 0.358. The van der Waals surface area contributed by atoms with Crippen LogP contribution < -0.4 is 5.32 Å². The van der Waals surface area contributed by atoms with E-state index in [1.807, 2.05) is 6.08 Å². The van der Waals surface area contributed by atoms with E-state index in [0.717, 1.165) is 0 Å². The van der Waals surface area contributed by atoms with Gasteiger partial charge in [0, 0.05) is 6.92 Å². The Bertz CT molecular complexity index is 116. The number of hydrogen-bond acceptors (Lipinski definition) is 1. The molecule has 0 radical (unpaired) electrons. The first-order valence-corrected chi connectivity index (χ1v) is 3.06. The maximum atomic E-state index is 10.3. The molecule has 0 aromatic rings. The van der Waals surface area contributed by atoms with Crippen molar-refractivity contribution in [1.82, 2.24) is 5.32 Å². The summed E-state index contributed by atoms with van der Waals surface area (Å²) in [7, 11) is 0. The molecular formula is C7H13NO. The van der Waals surface area contributed by atoms with Gasteiger partial charge in [-0.05, 0) is 12.1 Å². The molecule has 0 rings (SSSR count). The fraction of sp³-hybridized carbons (Fsp3) is 0.571. The molecule has 1 amide bonds. The Kier molecular flexibility index (Phi) is 3.76. The monoisotopic (exact) mass is 127 g/mol. The summed E-state index contributed by atoms with van der Waals surface area (Å²) in [5, 5.41) is 2.56. The molecule has 2 nitrogen and oxygen atoms in total. The minimum absolute atomic E-state index is 0.0214. The minimum Gasteiger partial charge on any atom is -0.333 e. The average molecular weight is 127 g/mol. The summed E-state index contributed by atoms with van der Waals surface area (Å²) in [5.41, 5.74) is 0. The minimum atomic E-state index is -0.0214. The van der Waals surface area contributed by atoms with Crippen molar-refractivity contribution < 1.29 is 4.79 Å². The second-order valence-electron chi connectivity index (χ2n) is 2.30. The first-order valence-electron chi connectivity index (χ1n) is 3.06. The van der Waals surface area contributed by atoms with Crippen LogP contribution in [0.5, 0.6) is 0 Å². The van der Waals surface area contributed by atoms with E-state index in [1.165, 1.54) is 6.92 Å². The highest BCUT2D eigenvalue weighted by atomic mass is 16.1. The Balaban J connectivity index is 3.36. The van der Waals surface area contributed by atoms with Crippen LogP contribution in [0.3, 0.4) is 0 Å². The molecule has 52 valence electrons. The van der Waals surface area contributed by atoms with Crippen LogP contribution in [0, 0.1) is 5.92 Å². The van der Waals surface area contributed by atoms with Crippen LogP contribution in [0.15, 0.2) is 12.3 Å². The summed E-state index contributed by atoms with van der Waals surface area (Å²) in [6, 6.07) is 0. The van der Waals surface area contributed by atoms with Crippen LogP contribution in [0.25, 0.3) is 0 Å². The number of carbonyl (C=O) groups excluding carboxylic acids is 1. The van der Waals surface area contributed by atoms with Crippen molar-refractivity contribution in [2.24, 2.45) is 5.92 Å². The standard InChI is InChI=1S/C7H13NO/c1-6(2)4-5-8-7(3)9/h4-6H,1-3H3,(H,8,9). The molecule has 0 saturated carbocycles. The summed E-state index contributed by atoms with van der Waals surface area (Å²) >= 11 is 0. The fourth-order valence-electron chi connectivity index (χ4n) is 0.358. The van der Waals surface area contributed by atoms with E-state index in [0.29, 0.717) is 5.92 Å². The molecule has 0 heterocycles. The van der Waals surface area contributed by atoms with Crippen LogP contribution in [-0.4, -0.2) is 5.91 Å². The van der Waals surface area contributed by atoms with Crippen molar-refractivity contribution in [2.75, 3.05) is 0 Å². The highest BCUT2D eigenvalue weighted by Gasteiger charge is 1.84. The van der Waals surface area contributed by atoms with Crippen molar-refractivity contribution in [2.45, 2.75) is 20.8 Å². The molecule has 0 aliphatic rings. The number of carbonyl (C=O) groups is 1. The van der Waals surface area contributed by atoms with Gasteiger partial charge in [0.25, 0.3) is 0 Å². The maximum Gasteiger partial charge on any atom is 0.220 e. The topological polar surface area (TPSA) is 29.1 Å². The Hall–Kier alpha value is -0.790. The van der Waals surface area contributed by atoms with E-state index in [1.54, 1.807) is 6.20 Å². The van der Waals surface area contributed by atoms with Gasteiger partial charge in [-0.15, -0.1) is 0 Å². The second kappa shape index (κ2) is 4.13. The second-order valence-corrected chi connectivity index (χ2v) is 2.30. The molecule has 0 spiro atoms. The number of nitrogens with one attached hydrogen (secondary N) is 1. The zero-order valence-electron chi connectivity index (χ0n) is 6.14. The zero-order chi connectivity index (χ0) is 7.28. The smallest absolute Gasteiger partial charge is 0.220 e. The van der Waals surface area contributed by atoms with Crippen LogP contribution in [0.1, 0.15) is 20.8 Å². The lowest BCUT2D eigenvalue weighted by Gasteiger charge is -1.93. The third-order valence-corrected chi connectivity index (χ3v) is 0.768. The SMILES string of the molecule is CC(=O)NC=CC(C)C. The van der Waals surface area contributed by atoms with Crippen molar-refractivity contribution in [3.8, 4) is 0 Å².